The van der Waals surface area contributed by atoms with Crippen molar-refractivity contribution in [2.75, 3.05) is 26.7 Å². The van der Waals surface area contributed by atoms with Gasteiger partial charge < -0.3 is 9.80 Å². The molecule has 0 atom stereocenters. The summed E-state index contributed by atoms with van der Waals surface area (Å²) in [5.74, 6) is -0.175. The van der Waals surface area contributed by atoms with Crippen molar-refractivity contribution < 1.29 is 9.59 Å². The second-order valence-corrected chi connectivity index (χ2v) is 5.15. The molecule has 0 heterocycles. The quantitative estimate of drug-likeness (QED) is 0.833. The van der Waals surface area contributed by atoms with Crippen LogP contribution in [0.2, 0.25) is 0 Å². The average molecular weight is 327 g/mol. The minimum absolute atomic E-state index is 0.0297. The van der Waals surface area contributed by atoms with E-state index >= 15 is 0 Å². The van der Waals surface area contributed by atoms with E-state index in [-0.39, 0.29) is 18.4 Å². The van der Waals surface area contributed by atoms with E-state index in [2.05, 4.69) is 15.9 Å². The Hall–Kier alpha value is -1.36. The average Bonchev–Trinajstić information content (AvgIpc) is 2.40. The van der Waals surface area contributed by atoms with Gasteiger partial charge in [0.05, 0.1) is 6.54 Å². The number of nitrogens with zero attached hydrogens (tertiary/aromatic N) is 2. The van der Waals surface area contributed by atoms with Crippen LogP contribution in [-0.2, 0) is 4.79 Å². The largest absolute Gasteiger partial charge is 0.342 e. The van der Waals surface area contributed by atoms with Crippen molar-refractivity contribution in [2.45, 2.75) is 13.8 Å². The molecule has 0 unspecified atom stereocenters. The van der Waals surface area contributed by atoms with Gasteiger partial charge in [0.15, 0.2) is 0 Å². The van der Waals surface area contributed by atoms with Gasteiger partial charge in [0.2, 0.25) is 5.91 Å². The Morgan fingerprint density at radius 1 is 1.11 bits per heavy atom. The normalized spacial score (nSPS) is 10.1. The standard InChI is InChI=1S/C14H19BrN2O2/c1-4-17(5-2)13(18)10-16(3)14(19)11-6-8-12(15)9-7-11/h6-9H,4-5,10H2,1-3H3. The van der Waals surface area contributed by atoms with Crippen molar-refractivity contribution in [3.8, 4) is 0 Å². The van der Waals surface area contributed by atoms with Gasteiger partial charge in [-0.05, 0) is 38.1 Å². The van der Waals surface area contributed by atoms with Gasteiger partial charge >= 0.3 is 0 Å². The molecule has 0 spiro atoms. The Morgan fingerprint density at radius 3 is 2.11 bits per heavy atom. The number of carbonyl (C=O) groups excluding carboxylic acids is 2. The molecule has 0 aliphatic carbocycles. The van der Waals surface area contributed by atoms with Crippen molar-refractivity contribution in [1.29, 1.82) is 0 Å². The summed E-state index contributed by atoms with van der Waals surface area (Å²) in [5.41, 5.74) is 0.582. The number of carbonyl (C=O) groups is 2. The Bertz CT molecular complexity index is 441. The van der Waals surface area contributed by atoms with E-state index in [9.17, 15) is 9.59 Å². The molecule has 0 aliphatic rings. The first-order chi connectivity index (χ1) is 8.99. The van der Waals surface area contributed by atoms with Gasteiger partial charge in [0, 0.05) is 30.2 Å². The highest BCUT2D eigenvalue weighted by Gasteiger charge is 2.17. The van der Waals surface area contributed by atoms with Crippen molar-refractivity contribution in [2.24, 2.45) is 0 Å². The van der Waals surface area contributed by atoms with Crippen molar-refractivity contribution in [3.05, 3.63) is 34.3 Å². The Labute approximate surface area is 122 Å². The molecule has 0 aromatic heterocycles. The smallest absolute Gasteiger partial charge is 0.254 e. The third-order valence-corrected chi connectivity index (χ3v) is 3.46. The zero-order valence-electron chi connectivity index (χ0n) is 11.5. The summed E-state index contributed by atoms with van der Waals surface area (Å²) in [6.45, 7) is 5.29. The first-order valence-electron chi connectivity index (χ1n) is 6.28. The highest BCUT2D eigenvalue weighted by Crippen LogP contribution is 2.12. The molecule has 1 rings (SSSR count). The lowest BCUT2D eigenvalue weighted by Crippen LogP contribution is -2.41. The molecule has 1 aromatic rings. The molecule has 0 fully saturated rings. The van der Waals surface area contributed by atoms with E-state index in [1.807, 2.05) is 26.0 Å². The summed E-state index contributed by atoms with van der Waals surface area (Å²) in [6, 6.07) is 7.11. The second-order valence-electron chi connectivity index (χ2n) is 4.23. The maximum absolute atomic E-state index is 12.1. The molecule has 0 aliphatic heterocycles. The molecule has 5 heteroatoms. The van der Waals surface area contributed by atoms with Gasteiger partial charge in [0.1, 0.15) is 0 Å². The number of halogens is 1. The Morgan fingerprint density at radius 2 is 1.63 bits per heavy atom. The second kappa shape index (κ2) is 7.28. The van der Waals surface area contributed by atoms with Crippen LogP contribution in [-0.4, -0.2) is 48.3 Å². The van der Waals surface area contributed by atoms with E-state index in [1.165, 1.54) is 4.90 Å². The molecular weight excluding hydrogens is 308 g/mol. The zero-order chi connectivity index (χ0) is 14.4. The van der Waals surface area contributed by atoms with Crippen molar-refractivity contribution in [3.63, 3.8) is 0 Å². The summed E-state index contributed by atoms with van der Waals surface area (Å²) in [7, 11) is 1.64. The fourth-order valence-corrected chi connectivity index (χ4v) is 2.03. The fourth-order valence-electron chi connectivity index (χ4n) is 1.76. The fraction of sp³-hybridized carbons (Fsp3) is 0.429. The van der Waals surface area contributed by atoms with E-state index in [0.717, 1.165) is 4.47 Å². The number of benzene rings is 1. The maximum Gasteiger partial charge on any atom is 0.254 e. The van der Waals surface area contributed by atoms with Crippen LogP contribution in [0.5, 0.6) is 0 Å². The molecule has 4 nitrogen and oxygen atoms in total. The summed E-state index contributed by atoms with van der Waals surface area (Å²) >= 11 is 3.32. The van der Waals surface area contributed by atoms with Gasteiger partial charge in [-0.25, -0.2) is 0 Å². The lowest BCUT2D eigenvalue weighted by atomic mass is 10.2. The summed E-state index contributed by atoms with van der Waals surface area (Å²) in [4.78, 5) is 27.2. The molecule has 104 valence electrons. The van der Waals surface area contributed by atoms with E-state index < -0.39 is 0 Å². The summed E-state index contributed by atoms with van der Waals surface area (Å²) in [5, 5.41) is 0. The van der Waals surface area contributed by atoms with Crippen molar-refractivity contribution >= 4 is 27.7 Å². The molecular formula is C14H19BrN2O2. The molecule has 2 amide bonds. The topological polar surface area (TPSA) is 40.6 Å². The van der Waals surface area contributed by atoms with Crippen LogP contribution in [0.1, 0.15) is 24.2 Å². The maximum atomic E-state index is 12.1. The predicted octanol–water partition coefficient (Wildman–Crippen LogP) is 2.39. The predicted molar refractivity (Wildman–Crippen MR) is 79.0 cm³/mol. The minimum Gasteiger partial charge on any atom is -0.342 e. The molecule has 0 saturated carbocycles. The molecule has 0 saturated heterocycles. The minimum atomic E-state index is -0.145. The van der Waals surface area contributed by atoms with Crippen LogP contribution >= 0.6 is 15.9 Å². The highest BCUT2D eigenvalue weighted by atomic mass is 79.9. The van der Waals surface area contributed by atoms with E-state index in [1.54, 1.807) is 24.1 Å². The van der Waals surface area contributed by atoms with E-state index in [0.29, 0.717) is 18.7 Å². The molecule has 19 heavy (non-hydrogen) atoms. The first-order valence-corrected chi connectivity index (χ1v) is 7.07. The van der Waals surface area contributed by atoms with Crippen LogP contribution in [0.4, 0.5) is 0 Å². The van der Waals surface area contributed by atoms with Crippen LogP contribution < -0.4 is 0 Å². The molecule has 0 N–H and O–H groups in total. The monoisotopic (exact) mass is 326 g/mol. The van der Waals surface area contributed by atoms with Gasteiger partial charge in [-0.1, -0.05) is 15.9 Å². The lowest BCUT2D eigenvalue weighted by Gasteiger charge is -2.23. The first kappa shape index (κ1) is 15.7. The number of hydrogen-bond donors (Lipinski definition) is 0. The van der Waals surface area contributed by atoms with Gasteiger partial charge in [-0.15, -0.1) is 0 Å². The molecule has 0 bridgehead atoms. The van der Waals surface area contributed by atoms with Crippen LogP contribution in [0.25, 0.3) is 0 Å². The third kappa shape index (κ3) is 4.35. The Kier molecular flexibility index (Phi) is 6.02. The molecule has 1 aromatic carbocycles. The summed E-state index contributed by atoms with van der Waals surface area (Å²) in [6.07, 6.45) is 0. The zero-order valence-corrected chi connectivity index (χ0v) is 13.1. The van der Waals surface area contributed by atoms with Gasteiger partial charge in [0.25, 0.3) is 5.91 Å². The van der Waals surface area contributed by atoms with Crippen molar-refractivity contribution in [1.82, 2.24) is 9.80 Å². The van der Waals surface area contributed by atoms with Gasteiger partial charge in [-0.2, -0.15) is 0 Å². The third-order valence-electron chi connectivity index (χ3n) is 2.93. The van der Waals surface area contributed by atoms with Gasteiger partial charge in [-0.3, -0.25) is 9.59 Å². The van der Waals surface area contributed by atoms with Crippen LogP contribution in [0.3, 0.4) is 0 Å². The van der Waals surface area contributed by atoms with E-state index in [4.69, 9.17) is 0 Å². The summed E-state index contributed by atoms with van der Waals surface area (Å²) < 4.78 is 0.922. The lowest BCUT2D eigenvalue weighted by molar-refractivity contribution is -0.131. The number of likely N-dealkylation sites (N-methyl/N-ethyl adjacent to an activating group) is 2. The van der Waals surface area contributed by atoms with Crippen LogP contribution in [0.15, 0.2) is 28.7 Å². The molecule has 0 radical (unpaired) electrons. The highest BCUT2D eigenvalue weighted by molar-refractivity contribution is 9.10. The SMILES string of the molecule is CCN(CC)C(=O)CN(C)C(=O)c1ccc(Br)cc1. The number of hydrogen-bond acceptors (Lipinski definition) is 2. The Balaban J connectivity index is 2.67. The number of amides is 2. The van der Waals surface area contributed by atoms with Crippen LogP contribution in [0, 0.1) is 0 Å². The number of rotatable bonds is 5.